The lowest BCUT2D eigenvalue weighted by molar-refractivity contribution is 0.101. The van der Waals surface area contributed by atoms with Crippen molar-refractivity contribution in [3.63, 3.8) is 0 Å². The van der Waals surface area contributed by atoms with Gasteiger partial charge in [-0.25, -0.2) is 9.67 Å². The van der Waals surface area contributed by atoms with Crippen LogP contribution in [0.25, 0.3) is 22.0 Å². The zero-order valence-corrected chi connectivity index (χ0v) is 16.2. The summed E-state index contributed by atoms with van der Waals surface area (Å²) in [6, 6.07) is 19.0. The first-order valence-corrected chi connectivity index (χ1v) is 9.42. The van der Waals surface area contributed by atoms with E-state index in [1.807, 2.05) is 67.6 Å². The van der Waals surface area contributed by atoms with Gasteiger partial charge in [0, 0.05) is 23.7 Å². The van der Waals surface area contributed by atoms with Gasteiger partial charge in [-0.3, -0.25) is 9.59 Å². The van der Waals surface area contributed by atoms with Gasteiger partial charge in [0.25, 0.3) is 5.56 Å². The topological polar surface area (TPSA) is 76.9 Å². The van der Waals surface area contributed by atoms with Crippen LogP contribution in [0.2, 0.25) is 0 Å². The van der Waals surface area contributed by atoms with E-state index in [0.29, 0.717) is 18.1 Å². The number of nitrogens with one attached hydrogen (secondary N) is 1. The van der Waals surface area contributed by atoms with Crippen LogP contribution < -0.4 is 10.9 Å². The molecule has 0 bridgehead atoms. The molecule has 0 aliphatic carbocycles. The predicted molar refractivity (Wildman–Crippen MR) is 115 cm³/mol. The fraction of sp³-hybridized carbons (Fsp3) is 0.130. The summed E-state index contributed by atoms with van der Waals surface area (Å²) in [5.74, 6) is 0.287. The third kappa shape index (κ3) is 3.40. The van der Waals surface area contributed by atoms with E-state index in [0.717, 1.165) is 16.3 Å². The summed E-state index contributed by atoms with van der Waals surface area (Å²) in [7, 11) is 0. The maximum Gasteiger partial charge on any atom is 0.291 e. The molecule has 6 heteroatoms. The number of pyridine rings is 1. The smallest absolute Gasteiger partial charge is 0.291 e. The number of hydrogen-bond acceptors (Lipinski definition) is 5. The summed E-state index contributed by atoms with van der Waals surface area (Å²) in [4.78, 5) is 30.1. The molecule has 0 atom stereocenters. The zero-order chi connectivity index (χ0) is 20.4. The minimum Gasteiger partial charge on any atom is -0.334 e. The number of hydrogen-bond donors (Lipinski definition) is 1. The molecule has 0 spiro atoms. The highest BCUT2D eigenvalue weighted by atomic mass is 16.1. The van der Waals surface area contributed by atoms with E-state index in [-0.39, 0.29) is 22.6 Å². The van der Waals surface area contributed by atoms with E-state index >= 15 is 0 Å². The molecule has 6 nitrogen and oxygen atoms in total. The molecule has 2 heterocycles. The number of aryl methyl sites for hydroxylation is 1. The number of nitrogens with zero attached hydrogens (tertiary/aromatic N) is 3. The number of benzene rings is 2. The first-order valence-electron chi connectivity index (χ1n) is 9.42. The third-order valence-corrected chi connectivity index (χ3v) is 4.77. The van der Waals surface area contributed by atoms with Crippen LogP contribution in [-0.2, 0) is 6.54 Å². The van der Waals surface area contributed by atoms with Crippen molar-refractivity contribution in [2.24, 2.45) is 0 Å². The molecule has 0 aliphatic rings. The lowest BCUT2D eigenvalue weighted by atomic mass is 10.0. The molecule has 0 amide bonds. The number of ketones is 1. The minimum atomic E-state index is -0.355. The van der Waals surface area contributed by atoms with E-state index in [1.54, 1.807) is 6.20 Å². The summed E-state index contributed by atoms with van der Waals surface area (Å²) >= 11 is 0. The maximum atomic E-state index is 13.1. The normalized spacial score (nSPS) is 10.8. The van der Waals surface area contributed by atoms with Gasteiger partial charge in [-0.15, -0.1) is 0 Å². The molecule has 0 saturated heterocycles. The highest BCUT2D eigenvalue weighted by molar-refractivity contribution is 6.06. The molecular weight excluding hydrogens is 364 g/mol. The lowest BCUT2D eigenvalue weighted by Crippen LogP contribution is -2.28. The van der Waals surface area contributed by atoms with Crippen molar-refractivity contribution in [3.8, 4) is 11.3 Å². The molecule has 2 aromatic carbocycles. The lowest BCUT2D eigenvalue weighted by Gasteiger charge is -2.16. The van der Waals surface area contributed by atoms with Crippen molar-refractivity contribution in [1.29, 1.82) is 0 Å². The SMILES string of the molecule is CCn1nc(-c2ccccc2)c(C(C)=O)c(Nc2nccc3ccccc23)c1=O. The molecule has 0 unspecified atom stereocenters. The van der Waals surface area contributed by atoms with Crippen molar-refractivity contribution < 1.29 is 4.79 Å². The first kappa shape index (κ1) is 18.6. The van der Waals surface area contributed by atoms with E-state index in [9.17, 15) is 9.59 Å². The standard InChI is InChI=1S/C23H20N4O2/c1-3-27-23(29)21(25-22-18-12-8-7-9-16(18)13-14-24-22)19(15(2)28)20(26-27)17-10-5-4-6-11-17/h4-14H,3H2,1-2H3,(H,24,25). The van der Waals surface area contributed by atoms with Crippen molar-refractivity contribution in [3.05, 3.63) is 82.8 Å². The number of Topliss-reactive ketones (excluding diaryl/α,β-unsaturated/α-hetero) is 1. The number of fused-ring (bicyclic) bond motifs is 1. The second kappa shape index (κ2) is 7.67. The molecule has 4 aromatic rings. The molecular formula is C23H20N4O2. The summed E-state index contributed by atoms with van der Waals surface area (Å²) in [5.41, 5.74) is 1.35. The maximum absolute atomic E-state index is 13.1. The summed E-state index contributed by atoms with van der Waals surface area (Å²) < 4.78 is 1.36. The van der Waals surface area contributed by atoms with Crippen molar-refractivity contribution in [1.82, 2.24) is 14.8 Å². The molecule has 29 heavy (non-hydrogen) atoms. The minimum absolute atomic E-state index is 0.192. The Bertz CT molecular complexity index is 1260. The number of carbonyl (C=O) groups is 1. The monoisotopic (exact) mass is 384 g/mol. The van der Waals surface area contributed by atoms with Crippen LogP contribution in [0.3, 0.4) is 0 Å². The van der Waals surface area contributed by atoms with Gasteiger partial charge in [0.15, 0.2) is 5.78 Å². The van der Waals surface area contributed by atoms with Crippen LogP contribution >= 0.6 is 0 Å². The Hall–Kier alpha value is -3.80. The van der Waals surface area contributed by atoms with Crippen LogP contribution in [0.15, 0.2) is 71.7 Å². The number of rotatable bonds is 5. The Balaban J connectivity index is 1.99. The largest absolute Gasteiger partial charge is 0.334 e. The van der Waals surface area contributed by atoms with Crippen molar-refractivity contribution in [2.75, 3.05) is 5.32 Å². The predicted octanol–water partition coefficient (Wildman–Crippen LogP) is 4.42. The second-order valence-corrected chi connectivity index (χ2v) is 6.65. The van der Waals surface area contributed by atoms with E-state index < -0.39 is 0 Å². The zero-order valence-electron chi connectivity index (χ0n) is 16.2. The molecule has 0 radical (unpaired) electrons. The van der Waals surface area contributed by atoms with Gasteiger partial charge >= 0.3 is 0 Å². The average molecular weight is 384 g/mol. The highest BCUT2D eigenvalue weighted by Gasteiger charge is 2.22. The molecule has 2 aromatic heterocycles. The van der Waals surface area contributed by atoms with Gasteiger partial charge in [-0.05, 0) is 25.3 Å². The van der Waals surface area contributed by atoms with Gasteiger partial charge < -0.3 is 5.32 Å². The van der Waals surface area contributed by atoms with Gasteiger partial charge in [-0.1, -0.05) is 54.6 Å². The highest BCUT2D eigenvalue weighted by Crippen LogP contribution is 2.29. The molecule has 4 rings (SSSR count). The fourth-order valence-corrected chi connectivity index (χ4v) is 3.38. The molecule has 1 N–H and O–H groups in total. The third-order valence-electron chi connectivity index (χ3n) is 4.77. The Morgan fingerprint density at radius 1 is 1.03 bits per heavy atom. The van der Waals surface area contributed by atoms with Crippen LogP contribution in [0.5, 0.6) is 0 Å². The van der Waals surface area contributed by atoms with Gasteiger partial charge in [0.1, 0.15) is 17.2 Å². The van der Waals surface area contributed by atoms with Crippen molar-refractivity contribution in [2.45, 2.75) is 20.4 Å². The van der Waals surface area contributed by atoms with Crippen LogP contribution in [-0.4, -0.2) is 20.5 Å². The van der Waals surface area contributed by atoms with Crippen LogP contribution in [0.4, 0.5) is 11.5 Å². The Morgan fingerprint density at radius 2 is 1.76 bits per heavy atom. The first-order chi connectivity index (χ1) is 14.1. The van der Waals surface area contributed by atoms with Crippen LogP contribution in [0.1, 0.15) is 24.2 Å². The Morgan fingerprint density at radius 3 is 2.48 bits per heavy atom. The van der Waals surface area contributed by atoms with Crippen LogP contribution in [0, 0.1) is 0 Å². The summed E-state index contributed by atoms with van der Waals surface area (Å²) in [6.45, 7) is 3.67. The van der Waals surface area contributed by atoms with E-state index in [2.05, 4.69) is 15.4 Å². The average Bonchev–Trinajstić information content (AvgIpc) is 2.75. The van der Waals surface area contributed by atoms with Gasteiger partial charge in [0.05, 0.1) is 5.56 Å². The second-order valence-electron chi connectivity index (χ2n) is 6.65. The molecule has 0 fully saturated rings. The van der Waals surface area contributed by atoms with E-state index in [4.69, 9.17) is 0 Å². The molecule has 0 saturated carbocycles. The number of aromatic nitrogens is 3. The van der Waals surface area contributed by atoms with Gasteiger partial charge in [-0.2, -0.15) is 5.10 Å². The summed E-state index contributed by atoms with van der Waals surface area (Å²) in [6.07, 6.45) is 1.68. The summed E-state index contributed by atoms with van der Waals surface area (Å²) in [5, 5.41) is 9.47. The number of carbonyl (C=O) groups excluding carboxylic acids is 1. The number of anilines is 2. The molecule has 0 aliphatic heterocycles. The van der Waals surface area contributed by atoms with E-state index in [1.165, 1.54) is 11.6 Å². The molecule has 144 valence electrons. The fourth-order valence-electron chi connectivity index (χ4n) is 3.38. The quantitative estimate of drug-likeness (QED) is 0.515. The van der Waals surface area contributed by atoms with Gasteiger partial charge in [0.2, 0.25) is 0 Å². The Labute approximate surface area is 167 Å². The van der Waals surface area contributed by atoms with Crippen molar-refractivity contribution >= 4 is 28.1 Å². The Kier molecular flexibility index (Phi) is 4.91.